The van der Waals surface area contributed by atoms with Gasteiger partial charge in [-0.3, -0.25) is 4.79 Å². The van der Waals surface area contributed by atoms with Gasteiger partial charge in [0, 0.05) is 0 Å². The number of hydrogen-bond donors (Lipinski definition) is 0. The molecule has 0 unspecified atom stereocenters. The normalized spacial score (nSPS) is 16.0. The molecule has 0 aliphatic heterocycles. The van der Waals surface area contributed by atoms with Gasteiger partial charge in [0.05, 0.1) is 6.42 Å². The van der Waals surface area contributed by atoms with Gasteiger partial charge in [-0.25, -0.2) is 0 Å². The summed E-state index contributed by atoms with van der Waals surface area (Å²) in [5.41, 5.74) is 0. The van der Waals surface area contributed by atoms with Gasteiger partial charge >= 0.3 is 5.97 Å². The van der Waals surface area contributed by atoms with Crippen LogP contribution in [0, 0.1) is 6.42 Å². The van der Waals surface area contributed by atoms with Crippen molar-refractivity contribution in [3.05, 3.63) is 6.42 Å². The predicted octanol–water partition coefficient (Wildman–Crippen LogP) is 5.99. The first-order chi connectivity index (χ1) is 10.3. The van der Waals surface area contributed by atoms with Crippen LogP contribution >= 0.6 is 0 Å². The zero-order chi connectivity index (χ0) is 15.2. The Labute approximate surface area is 132 Å². The first kappa shape index (κ1) is 18.5. The highest BCUT2D eigenvalue weighted by Crippen LogP contribution is 2.21. The van der Waals surface area contributed by atoms with Gasteiger partial charge in [-0.05, 0) is 32.1 Å². The lowest BCUT2D eigenvalue weighted by atomic mass is 9.98. The van der Waals surface area contributed by atoms with Crippen LogP contribution in [0.2, 0.25) is 0 Å². The van der Waals surface area contributed by atoms with Crippen LogP contribution in [-0.4, -0.2) is 12.1 Å². The summed E-state index contributed by atoms with van der Waals surface area (Å²) in [7, 11) is 0. The number of hydrogen-bond acceptors (Lipinski definition) is 2. The van der Waals surface area contributed by atoms with E-state index in [2.05, 4.69) is 6.92 Å². The van der Waals surface area contributed by atoms with Crippen LogP contribution < -0.4 is 0 Å². The molecule has 0 aromatic heterocycles. The number of unbranched alkanes of at least 4 members (excludes halogenated alkanes) is 9. The molecule has 0 bridgehead atoms. The zero-order valence-electron chi connectivity index (χ0n) is 14.1. The second kappa shape index (κ2) is 13.2. The van der Waals surface area contributed by atoms with Crippen LogP contribution in [0.1, 0.15) is 103 Å². The maximum atomic E-state index is 11.7. The summed E-state index contributed by atoms with van der Waals surface area (Å²) >= 11 is 0. The monoisotopic (exact) mass is 295 g/mol. The quantitative estimate of drug-likeness (QED) is 0.326. The Morgan fingerprint density at radius 1 is 0.905 bits per heavy atom. The van der Waals surface area contributed by atoms with E-state index in [0.29, 0.717) is 0 Å². The van der Waals surface area contributed by atoms with Crippen LogP contribution in [0.4, 0.5) is 0 Å². The van der Waals surface area contributed by atoms with E-state index in [-0.39, 0.29) is 12.1 Å². The fourth-order valence-corrected chi connectivity index (χ4v) is 3.07. The maximum absolute atomic E-state index is 11.7. The van der Waals surface area contributed by atoms with Crippen molar-refractivity contribution in [2.45, 2.75) is 109 Å². The molecule has 0 spiro atoms. The Hall–Kier alpha value is -0.530. The minimum Gasteiger partial charge on any atom is -0.462 e. The Morgan fingerprint density at radius 3 is 2.10 bits per heavy atom. The van der Waals surface area contributed by atoms with Crippen molar-refractivity contribution >= 4 is 5.97 Å². The van der Waals surface area contributed by atoms with E-state index in [1.54, 1.807) is 6.42 Å². The molecule has 0 aromatic carbocycles. The number of carbonyl (C=O) groups excluding carboxylic acids is 1. The third-order valence-corrected chi connectivity index (χ3v) is 4.45. The summed E-state index contributed by atoms with van der Waals surface area (Å²) < 4.78 is 5.48. The third kappa shape index (κ3) is 10.8. The zero-order valence-corrected chi connectivity index (χ0v) is 14.1. The molecule has 1 aliphatic carbocycles. The molecular formula is C19H35O2. The molecule has 1 saturated carbocycles. The molecule has 0 atom stereocenters. The predicted molar refractivity (Wildman–Crippen MR) is 89.1 cm³/mol. The summed E-state index contributed by atoms with van der Waals surface area (Å²) in [4.78, 5) is 11.7. The van der Waals surface area contributed by atoms with Gasteiger partial charge in [0.15, 0.2) is 0 Å². The topological polar surface area (TPSA) is 26.3 Å². The van der Waals surface area contributed by atoms with Gasteiger partial charge in [-0.2, -0.15) is 0 Å². The van der Waals surface area contributed by atoms with Crippen molar-refractivity contribution in [1.29, 1.82) is 0 Å². The molecule has 1 rings (SSSR count). The van der Waals surface area contributed by atoms with Crippen molar-refractivity contribution in [3.63, 3.8) is 0 Å². The van der Waals surface area contributed by atoms with E-state index in [1.165, 1.54) is 70.6 Å². The lowest BCUT2D eigenvalue weighted by Gasteiger charge is -2.21. The van der Waals surface area contributed by atoms with Crippen molar-refractivity contribution in [2.24, 2.45) is 0 Å². The van der Waals surface area contributed by atoms with E-state index in [9.17, 15) is 4.79 Å². The Morgan fingerprint density at radius 2 is 1.48 bits per heavy atom. The summed E-state index contributed by atoms with van der Waals surface area (Å²) in [6, 6.07) is 0. The van der Waals surface area contributed by atoms with Crippen molar-refractivity contribution < 1.29 is 9.53 Å². The van der Waals surface area contributed by atoms with E-state index in [4.69, 9.17) is 4.74 Å². The Bertz CT molecular complexity index is 244. The standard InChI is InChI=1S/C19H35O2/c1-2-3-4-5-6-7-8-9-10-14-17-19(20)21-18-15-12-11-13-16-18/h17-18H,2-16H2,1H3. The van der Waals surface area contributed by atoms with Crippen LogP contribution in [0.5, 0.6) is 0 Å². The minimum atomic E-state index is -0.0820. The highest BCUT2D eigenvalue weighted by molar-refractivity contribution is 5.78. The molecule has 0 aromatic rings. The number of esters is 1. The largest absolute Gasteiger partial charge is 0.462 e. The first-order valence-corrected chi connectivity index (χ1v) is 9.36. The molecule has 0 heterocycles. The first-order valence-electron chi connectivity index (χ1n) is 9.36. The lowest BCUT2D eigenvalue weighted by Crippen LogP contribution is -2.20. The van der Waals surface area contributed by atoms with Gasteiger partial charge in [0.1, 0.15) is 6.10 Å². The average Bonchev–Trinajstić information content (AvgIpc) is 2.50. The third-order valence-electron chi connectivity index (χ3n) is 4.45. The fraction of sp³-hybridized carbons (Fsp3) is 0.895. The van der Waals surface area contributed by atoms with Gasteiger partial charge in [-0.1, -0.05) is 71.1 Å². The van der Waals surface area contributed by atoms with Crippen molar-refractivity contribution in [2.75, 3.05) is 0 Å². The van der Waals surface area contributed by atoms with Gasteiger partial charge < -0.3 is 4.74 Å². The van der Waals surface area contributed by atoms with Crippen LogP contribution in [0.3, 0.4) is 0 Å². The van der Waals surface area contributed by atoms with Crippen LogP contribution in [0.15, 0.2) is 0 Å². The van der Waals surface area contributed by atoms with Crippen LogP contribution in [-0.2, 0) is 9.53 Å². The van der Waals surface area contributed by atoms with E-state index in [0.717, 1.165) is 25.7 Å². The number of ether oxygens (including phenoxy) is 1. The highest BCUT2D eigenvalue weighted by Gasteiger charge is 2.17. The minimum absolute atomic E-state index is 0.0820. The van der Waals surface area contributed by atoms with Crippen molar-refractivity contribution in [3.8, 4) is 0 Å². The van der Waals surface area contributed by atoms with E-state index >= 15 is 0 Å². The number of rotatable bonds is 12. The molecule has 0 amide bonds. The van der Waals surface area contributed by atoms with Crippen molar-refractivity contribution in [1.82, 2.24) is 0 Å². The maximum Gasteiger partial charge on any atom is 0.310 e. The lowest BCUT2D eigenvalue weighted by molar-refractivity contribution is -0.146. The number of carbonyl (C=O) groups is 1. The van der Waals surface area contributed by atoms with Gasteiger partial charge in [0.25, 0.3) is 0 Å². The molecule has 0 N–H and O–H groups in total. The molecule has 1 radical (unpaired) electrons. The molecule has 123 valence electrons. The molecular weight excluding hydrogens is 260 g/mol. The Kier molecular flexibility index (Phi) is 11.6. The second-order valence-corrected chi connectivity index (χ2v) is 6.52. The SMILES string of the molecule is CCCCCCCCCCC[CH]C(=O)OC1CCCCC1. The van der Waals surface area contributed by atoms with E-state index in [1.807, 2.05) is 0 Å². The Balaban J connectivity index is 1.81. The van der Waals surface area contributed by atoms with Crippen LogP contribution in [0.25, 0.3) is 0 Å². The van der Waals surface area contributed by atoms with Gasteiger partial charge in [0.2, 0.25) is 0 Å². The fourth-order valence-electron chi connectivity index (χ4n) is 3.07. The molecule has 21 heavy (non-hydrogen) atoms. The molecule has 2 nitrogen and oxygen atoms in total. The summed E-state index contributed by atoms with van der Waals surface area (Å²) in [6.07, 6.45) is 20.7. The second-order valence-electron chi connectivity index (χ2n) is 6.52. The molecule has 1 aliphatic rings. The summed E-state index contributed by atoms with van der Waals surface area (Å²) in [6.45, 7) is 2.26. The molecule has 0 saturated heterocycles. The average molecular weight is 295 g/mol. The van der Waals surface area contributed by atoms with E-state index < -0.39 is 0 Å². The van der Waals surface area contributed by atoms with Gasteiger partial charge in [-0.15, -0.1) is 0 Å². The smallest absolute Gasteiger partial charge is 0.310 e. The highest BCUT2D eigenvalue weighted by atomic mass is 16.5. The molecule has 2 heteroatoms. The summed E-state index contributed by atoms with van der Waals surface area (Å²) in [5, 5.41) is 0. The molecule has 1 fully saturated rings. The summed E-state index contributed by atoms with van der Waals surface area (Å²) in [5.74, 6) is -0.0820.